The van der Waals surface area contributed by atoms with E-state index in [2.05, 4.69) is 11.0 Å². The summed E-state index contributed by atoms with van der Waals surface area (Å²) >= 11 is 1.63. The van der Waals surface area contributed by atoms with Gasteiger partial charge in [0.1, 0.15) is 5.82 Å². The van der Waals surface area contributed by atoms with Gasteiger partial charge in [-0.05, 0) is 18.2 Å². The predicted molar refractivity (Wildman–Crippen MR) is 99.8 cm³/mol. The quantitative estimate of drug-likeness (QED) is 0.891. The fourth-order valence-electron chi connectivity index (χ4n) is 3.03. The minimum Gasteiger partial charge on any atom is -0.340 e. The van der Waals surface area contributed by atoms with E-state index in [0.717, 1.165) is 37.6 Å². The molecule has 0 bridgehead atoms. The maximum Gasteiger partial charge on any atom is 0.226 e. The lowest BCUT2D eigenvalue weighted by molar-refractivity contribution is -0.136. The van der Waals surface area contributed by atoms with Gasteiger partial charge in [-0.15, -0.1) is 11.3 Å². The molecule has 1 aliphatic heterocycles. The number of carbonyl (C=O) groups excluding carboxylic acids is 1. The Morgan fingerprint density at radius 3 is 2.60 bits per heavy atom. The van der Waals surface area contributed by atoms with Gasteiger partial charge in [0.15, 0.2) is 0 Å². The molecule has 3 rings (SSSR count). The first-order chi connectivity index (χ1) is 12.1. The molecule has 1 aromatic heterocycles. The summed E-state index contributed by atoms with van der Waals surface area (Å²) in [6, 6.07) is 10.9. The van der Waals surface area contributed by atoms with E-state index < -0.39 is 0 Å². The minimum absolute atomic E-state index is 0.104. The third-order valence-corrected chi connectivity index (χ3v) is 5.74. The molecule has 0 aliphatic carbocycles. The van der Waals surface area contributed by atoms with Crippen LogP contribution in [0, 0.1) is 11.7 Å². The molecule has 1 fully saturated rings. The summed E-state index contributed by atoms with van der Waals surface area (Å²) in [6.07, 6.45) is 0. The summed E-state index contributed by atoms with van der Waals surface area (Å²) < 4.78 is 13.9. The molecule has 1 aliphatic rings. The van der Waals surface area contributed by atoms with Gasteiger partial charge in [-0.25, -0.2) is 4.39 Å². The van der Waals surface area contributed by atoms with Crippen LogP contribution in [0.25, 0.3) is 10.4 Å². The highest BCUT2D eigenvalue weighted by molar-refractivity contribution is 7.15. The van der Waals surface area contributed by atoms with Crippen LogP contribution >= 0.6 is 11.3 Å². The zero-order valence-corrected chi connectivity index (χ0v) is 15.3. The smallest absolute Gasteiger partial charge is 0.226 e. The second-order valence-corrected chi connectivity index (χ2v) is 7.65. The van der Waals surface area contributed by atoms with Crippen LogP contribution in [-0.4, -0.2) is 48.4 Å². The molecule has 134 valence electrons. The minimum atomic E-state index is -0.183. The number of benzene rings is 1. The van der Waals surface area contributed by atoms with Crippen LogP contribution in [0.4, 0.5) is 4.39 Å². The molecular formula is C19H24FN3OS. The standard InChI is InChI=1S/C19H24FN3OS/c1-14(12-21)19(24)23-10-8-22(9-11-23)13-15-6-7-18(25-15)16-4-2-3-5-17(16)20/h2-7,14H,8-13,21H2,1H3. The Morgan fingerprint density at radius 2 is 1.92 bits per heavy atom. The summed E-state index contributed by atoms with van der Waals surface area (Å²) in [5.74, 6) is -0.135. The number of carbonyl (C=O) groups is 1. The zero-order valence-electron chi connectivity index (χ0n) is 14.5. The SMILES string of the molecule is CC(CN)C(=O)N1CCN(Cc2ccc(-c3ccccc3F)s2)CC1. The first-order valence-electron chi connectivity index (χ1n) is 8.63. The third kappa shape index (κ3) is 4.26. The molecule has 0 spiro atoms. The van der Waals surface area contributed by atoms with E-state index >= 15 is 0 Å². The van der Waals surface area contributed by atoms with Crippen LogP contribution in [0.15, 0.2) is 36.4 Å². The number of thiophene rings is 1. The number of nitrogens with two attached hydrogens (primary N) is 1. The number of nitrogens with zero attached hydrogens (tertiary/aromatic N) is 2. The highest BCUT2D eigenvalue weighted by atomic mass is 32.1. The number of hydrogen-bond acceptors (Lipinski definition) is 4. The highest BCUT2D eigenvalue weighted by Crippen LogP contribution is 2.30. The van der Waals surface area contributed by atoms with Crippen molar-refractivity contribution in [1.29, 1.82) is 0 Å². The average molecular weight is 361 g/mol. The maximum absolute atomic E-state index is 13.9. The van der Waals surface area contributed by atoms with E-state index in [1.54, 1.807) is 17.4 Å². The van der Waals surface area contributed by atoms with Crippen LogP contribution in [-0.2, 0) is 11.3 Å². The fraction of sp³-hybridized carbons (Fsp3) is 0.421. The van der Waals surface area contributed by atoms with Crippen LogP contribution in [0.2, 0.25) is 0 Å². The molecular weight excluding hydrogens is 337 g/mol. The van der Waals surface area contributed by atoms with Gasteiger partial charge >= 0.3 is 0 Å². The van der Waals surface area contributed by atoms with Crippen molar-refractivity contribution in [3.8, 4) is 10.4 Å². The van der Waals surface area contributed by atoms with Crippen molar-refractivity contribution in [2.24, 2.45) is 11.7 Å². The molecule has 4 nitrogen and oxygen atoms in total. The number of rotatable bonds is 5. The first-order valence-corrected chi connectivity index (χ1v) is 9.45. The van der Waals surface area contributed by atoms with Gasteiger partial charge in [0.25, 0.3) is 0 Å². The summed E-state index contributed by atoms with van der Waals surface area (Å²) in [4.78, 5) is 18.6. The normalized spacial score (nSPS) is 16.8. The lowest BCUT2D eigenvalue weighted by Gasteiger charge is -2.35. The molecule has 25 heavy (non-hydrogen) atoms. The molecule has 1 aromatic carbocycles. The molecule has 2 aromatic rings. The molecule has 1 atom stereocenters. The number of amides is 1. The van der Waals surface area contributed by atoms with Crippen LogP contribution in [0.1, 0.15) is 11.8 Å². The highest BCUT2D eigenvalue weighted by Gasteiger charge is 2.24. The molecule has 1 saturated heterocycles. The molecule has 2 heterocycles. The Kier molecular flexibility index (Phi) is 5.83. The Hall–Kier alpha value is -1.76. The number of halogens is 1. The largest absolute Gasteiger partial charge is 0.340 e. The molecule has 6 heteroatoms. The molecule has 1 amide bonds. The Morgan fingerprint density at radius 1 is 1.20 bits per heavy atom. The van der Waals surface area contributed by atoms with Crippen molar-refractivity contribution in [2.45, 2.75) is 13.5 Å². The Balaban J connectivity index is 1.57. The van der Waals surface area contributed by atoms with Crippen molar-refractivity contribution in [2.75, 3.05) is 32.7 Å². The van der Waals surface area contributed by atoms with Crippen LogP contribution in [0.3, 0.4) is 0 Å². The second kappa shape index (κ2) is 8.08. The van der Waals surface area contributed by atoms with Crippen molar-refractivity contribution >= 4 is 17.2 Å². The number of piperazine rings is 1. The average Bonchev–Trinajstić information content (AvgIpc) is 3.09. The first kappa shape index (κ1) is 18.0. The second-order valence-electron chi connectivity index (χ2n) is 6.48. The van der Waals surface area contributed by atoms with Gasteiger partial charge < -0.3 is 10.6 Å². The maximum atomic E-state index is 13.9. The van der Waals surface area contributed by atoms with Gasteiger partial charge in [-0.1, -0.05) is 25.1 Å². The molecule has 0 saturated carbocycles. The van der Waals surface area contributed by atoms with Gasteiger partial charge in [-0.2, -0.15) is 0 Å². The van der Waals surface area contributed by atoms with E-state index in [9.17, 15) is 9.18 Å². The van der Waals surface area contributed by atoms with Gasteiger partial charge in [0.05, 0.1) is 0 Å². The van der Waals surface area contributed by atoms with Gasteiger partial charge in [0, 0.05) is 60.5 Å². The Labute approximate surface area is 152 Å². The summed E-state index contributed by atoms with van der Waals surface area (Å²) in [5.41, 5.74) is 6.24. The van der Waals surface area contributed by atoms with E-state index in [1.165, 1.54) is 10.9 Å². The van der Waals surface area contributed by atoms with E-state index in [0.29, 0.717) is 12.1 Å². The van der Waals surface area contributed by atoms with Crippen molar-refractivity contribution in [3.05, 3.63) is 47.1 Å². The van der Waals surface area contributed by atoms with Crippen LogP contribution < -0.4 is 5.73 Å². The summed E-state index contributed by atoms with van der Waals surface area (Å²) in [7, 11) is 0. The van der Waals surface area contributed by atoms with E-state index in [-0.39, 0.29) is 17.6 Å². The van der Waals surface area contributed by atoms with Gasteiger partial charge in [0.2, 0.25) is 5.91 Å². The summed E-state index contributed by atoms with van der Waals surface area (Å²) in [6.45, 7) is 6.32. The van der Waals surface area contributed by atoms with Crippen molar-refractivity contribution in [1.82, 2.24) is 9.80 Å². The Bertz CT molecular complexity index is 725. The zero-order chi connectivity index (χ0) is 17.8. The fourth-order valence-corrected chi connectivity index (χ4v) is 4.11. The molecule has 0 radical (unpaired) electrons. The van der Waals surface area contributed by atoms with E-state index in [4.69, 9.17) is 5.73 Å². The summed E-state index contributed by atoms with van der Waals surface area (Å²) in [5, 5.41) is 0. The van der Waals surface area contributed by atoms with Crippen LogP contribution in [0.5, 0.6) is 0 Å². The van der Waals surface area contributed by atoms with Crippen molar-refractivity contribution < 1.29 is 9.18 Å². The molecule has 2 N–H and O–H groups in total. The topological polar surface area (TPSA) is 49.6 Å². The lowest BCUT2D eigenvalue weighted by Crippen LogP contribution is -2.50. The predicted octanol–water partition coefficient (Wildman–Crippen LogP) is 2.79. The molecule has 1 unspecified atom stereocenters. The lowest BCUT2D eigenvalue weighted by atomic mass is 10.1. The monoisotopic (exact) mass is 361 g/mol. The van der Waals surface area contributed by atoms with Crippen molar-refractivity contribution in [3.63, 3.8) is 0 Å². The third-order valence-electron chi connectivity index (χ3n) is 4.64. The number of hydrogen-bond donors (Lipinski definition) is 1. The van der Waals surface area contributed by atoms with Gasteiger partial charge in [-0.3, -0.25) is 9.69 Å². The van der Waals surface area contributed by atoms with E-state index in [1.807, 2.05) is 30.0 Å².